The second-order valence-corrected chi connectivity index (χ2v) is 5.75. The molecule has 0 aromatic carbocycles. The summed E-state index contributed by atoms with van der Waals surface area (Å²) in [5.74, 6) is -0.946. The van der Waals surface area contributed by atoms with E-state index in [1.807, 2.05) is 6.92 Å². The third kappa shape index (κ3) is 2.16. The summed E-state index contributed by atoms with van der Waals surface area (Å²) < 4.78 is 0. The van der Waals surface area contributed by atoms with Crippen LogP contribution in [0.3, 0.4) is 0 Å². The van der Waals surface area contributed by atoms with E-state index in [2.05, 4.69) is 5.32 Å². The molecule has 1 saturated carbocycles. The fourth-order valence-electron chi connectivity index (χ4n) is 3.62. The van der Waals surface area contributed by atoms with Crippen LogP contribution >= 0.6 is 0 Å². The van der Waals surface area contributed by atoms with Gasteiger partial charge in [-0.15, -0.1) is 0 Å². The fourth-order valence-corrected chi connectivity index (χ4v) is 3.62. The number of carboxylic acids is 1. The molecular weight excluding hydrogens is 237 g/mol. The van der Waals surface area contributed by atoms with Gasteiger partial charge in [0.15, 0.2) is 0 Å². The van der Waals surface area contributed by atoms with Crippen LogP contribution in [0.4, 0.5) is 0 Å². The van der Waals surface area contributed by atoms with Crippen molar-refractivity contribution in [2.75, 3.05) is 0 Å². The number of fused-ring (bicyclic) bond motifs is 1. The van der Waals surface area contributed by atoms with Crippen LogP contribution < -0.4 is 5.32 Å². The molecule has 0 spiro atoms. The van der Waals surface area contributed by atoms with E-state index in [1.54, 1.807) is 0 Å². The molecule has 0 aromatic heterocycles. The maximum Gasteiger partial charge on any atom is 0.451 e. The first-order valence-corrected chi connectivity index (χ1v) is 6.39. The van der Waals surface area contributed by atoms with Crippen LogP contribution in [0.5, 0.6) is 0 Å². The second kappa shape index (κ2) is 4.81. The fraction of sp³-hybridized carbons (Fsp3) is 0.909. The highest BCUT2D eigenvalue weighted by Gasteiger charge is 2.61. The molecule has 0 radical (unpaired) electrons. The average molecular weight is 257 g/mol. The van der Waals surface area contributed by atoms with E-state index in [4.69, 9.17) is 10.0 Å². The van der Waals surface area contributed by atoms with Crippen molar-refractivity contribution < 1.29 is 25.1 Å². The van der Waals surface area contributed by atoms with Gasteiger partial charge in [0.25, 0.3) is 0 Å². The van der Waals surface area contributed by atoms with Crippen LogP contribution in [0.2, 0.25) is 6.32 Å². The summed E-state index contributed by atoms with van der Waals surface area (Å²) >= 11 is 0. The summed E-state index contributed by atoms with van der Waals surface area (Å²) in [6, 6.07) is -0.592. The van der Waals surface area contributed by atoms with E-state index < -0.39 is 30.6 Å². The maximum atomic E-state index is 11.3. The lowest BCUT2D eigenvalue weighted by atomic mass is 9.60. The SMILES string of the molecule is C[C@]1(CCCB(O)O)C(C(=O)O)NC2C[C@@H](O)[C@@H]21. The van der Waals surface area contributed by atoms with Gasteiger partial charge >= 0.3 is 13.1 Å². The first-order valence-electron chi connectivity index (χ1n) is 6.39. The third-order valence-electron chi connectivity index (χ3n) is 4.57. The van der Waals surface area contributed by atoms with Crippen molar-refractivity contribution in [1.82, 2.24) is 5.32 Å². The number of carbonyl (C=O) groups is 1. The standard InChI is InChI=1S/C11H20BNO5/c1-11(3-2-4-12(17)18)8-6(5-7(8)14)13-9(11)10(15)16/h6-9,13-14,17-18H,2-5H2,1H3,(H,15,16)/t6?,7-,8-,9?,11-/m1/s1. The van der Waals surface area contributed by atoms with Crippen LogP contribution in [-0.2, 0) is 4.79 Å². The number of nitrogens with one attached hydrogen (secondary N) is 1. The molecule has 1 saturated heterocycles. The molecule has 5 atom stereocenters. The summed E-state index contributed by atoms with van der Waals surface area (Å²) in [4.78, 5) is 11.3. The summed E-state index contributed by atoms with van der Waals surface area (Å²) in [5, 5.41) is 39.8. The van der Waals surface area contributed by atoms with Gasteiger partial charge in [0.1, 0.15) is 6.04 Å². The Bertz CT molecular complexity index is 339. The van der Waals surface area contributed by atoms with E-state index in [9.17, 15) is 15.0 Å². The van der Waals surface area contributed by atoms with Crippen molar-refractivity contribution in [3.8, 4) is 0 Å². The molecule has 0 bridgehead atoms. The van der Waals surface area contributed by atoms with Crippen molar-refractivity contribution in [2.45, 2.75) is 50.7 Å². The largest absolute Gasteiger partial charge is 0.480 e. The first kappa shape index (κ1) is 13.8. The van der Waals surface area contributed by atoms with Gasteiger partial charge in [-0.25, -0.2) is 0 Å². The minimum atomic E-state index is -1.35. The highest BCUT2D eigenvalue weighted by Crippen LogP contribution is 2.52. The monoisotopic (exact) mass is 257 g/mol. The molecule has 5 N–H and O–H groups in total. The second-order valence-electron chi connectivity index (χ2n) is 5.75. The molecule has 2 fully saturated rings. The summed E-state index contributed by atoms with van der Waals surface area (Å²) in [6.45, 7) is 1.87. The smallest absolute Gasteiger partial charge is 0.451 e. The molecule has 2 rings (SSSR count). The predicted octanol–water partition coefficient (Wildman–Crippen LogP) is -0.948. The molecule has 0 amide bonds. The molecular formula is C11H20BNO5. The lowest BCUT2D eigenvalue weighted by molar-refractivity contribution is -0.142. The van der Waals surface area contributed by atoms with Crippen molar-refractivity contribution >= 4 is 13.1 Å². The predicted molar refractivity (Wildman–Crippen MR) is 64.8 cm³/mol. The Labute approximate surface area is 106 Å². The van der Waals surface area contributed by atoms with Gasteiger partial charge in [0.05, 0.1) is 6.10 Å². The molecule has 1 aliphatic heterocycles. The maximum absolute atomic E-state index is 11.3. The molecule has 2 unspecified atom stereocenters. The van der Waals surface area contributed by atoms with Gasteiger partial charge in [-0.3, -0.25) is 4.79 Å². The van der Waals surface area contributed by atoms with Gasteiger partial charge < -0.3 is 25.6 Å². The van der Waals surface area contributed by atoms with Crippen molar-refractivity contribution in [3.05, 3.63) is 0 Å². The van der Waals surface area contributed by atoms with E-state index in [1.165, 1.54) is 0 Å². The van der Waals surface area contributed by atoms with Crippen molar-refractivity contribution in [3.63, 3.8) is 0 Å². The highest BCUT2D eigenvalue weighted by molar-refractivity contribution is 6.40. The van der Waals surface area contributed by atoms with Crippen molar-refractivity contribution in [1.29, 1.82) is 0 Å². The number of hydrogen-bond acceptors (Lipinski definition) is 5. The van der Waals surface area contributed by atoms with Crippen LogP contribution in [0.15, 0.2) is 0 Å². The average Bonchev–Trinajstić information content (AvgIpc) is 2.44. The third-order valence-corrected chi connectivity index (χ3v) is 4.57. The van der Waals surface area contributed by atoms with Crippen molar-refractivity contribution in [2.24, 2.45) is 11.3 Å². The summed E-state index contributed by atoms with van der Waals surface area (Å²) in [5.41, 5.74) is -0.525. The molecule has 6 nitrogen and oxygen atoms in total. The molecule has 2 aliphatic rings. The number of aliphatic carboxylic acids is 1. The molecule has 1 heterocycles. The number of hydrogen-bond donors (Lipinski definition) is 5. The minimum Gasteiger partial charge on any atom is -0.480 e. The summed E-state index contributed by atoms with van der Waals surface area (Å²) in [7, 11) is -1.35. The number of rotatable bonds is 5. The van der Waals surface area contributed by atoms with Crippen LogP contribution in [0.1, 0.15) is 26.2 Å². The Morgan fingerprint density at radius 1 is 1.50 bits per heavy atom. The molecule has 18 heavy (non-hydrogen) atoms. The Morgan fingerprint density at radius 3 is 2.67 bits per heavy atom. The van der Waals surface area contributed by atoms with E-state index >= 15 is 0 Å². The van der Waals surface area contributed by atoms with Crippen LogP contribution in [-0.4, -0.2) is 51.5 Å². The van der Waals surface area contributed by atoms with Gasteiger partial charge in [-0.2, -0.15) is 0 Å². The molecule has 7 heteroatoms. The lowest BCUT2D eigenvalue weighted by Gasteiger charge is -2.44. The Hall–Kier alpha value is -0.625. The van der Waals surface area contributed by atoms with Gasteiger partial charge in [0, 0.05) is 17.4 Å². The van der Waals surface area contributed by atoms with Gasteiger partial charge in [0.2, 0.25) is 0 Å². The number of aliphatic hydroxyl groups is 1. The first-order chi connectivity index (χ1) is 8.36. The highest BCUT2D eigenvalue weighted by atomic mass is 16.4. The van der Waals surface area contributed by atoms with E-state index in [-0.39, 0.29) is 18.3 Å². The summed E-state index contributed by atoms with van der Waals surface area (Å²) in [6.07, 6.45) is 1.49. The topological polar surface area (TPSA) is 110 Å². The van der Waals surface area contributed by atoms with Gasteiger partial charge in [-0.1, -0.05) is 13.3 Å². The molecule has 0 aromatic rings. The zero-order chi connectivity index (χ0) is 13.5. The minimum absolute atomic E-state index is 0.0468. The Morgan fingerprint density at radius 2 is 2.17 bits per heavy atom. The van der Waals surface area contributed by atoms with Crippen LogP contribution in [0, 0.1) is 11.3 Å². The zero-order valence-corrected chi connectivity index (χ0v) is 10.4. The number of aliphatic hydroxyl groups excluding tert-OH is 1. The lowest BCUT2D eigenvalue weighted by Crippen LogP contribution is -2.51. The normalized spacial score (nSPS) is 42.2. The van der Waals surface area contributed by atoms with Crippen LogP contribution in [0.25, 0.3) is 0 Å². The van der Waals surface area contributed by atoms with E-state index in [0.717, 1.165) is 0 Å². The molecule has 1 aliphatic carbocycles. The van der Waals surface area contributed by atoms with E-state index in [0.29, 0.717) is 19.3 Å². The Kier molecular flexibility index (Phi) is 3.69. The quantitative estimate of drug-likeness (QED) is 0.406. The zero-order valence-electron chi connectivity index (χ0n) is 10.4. The van der Waals surface area contributed by atoms with Gasteiger partial charge in [-0.05, 0) is 19.2 Å². The Balaban J connectivity index is 2.06. The molecule has 102 valence electrons. The number of carboxylic acid groups (broad SMARTS) is 1.